The molecule has 68 heavy (non-hydrogen) atoms. The van der Waals surface area contributed by atoms with E-state index in [4.69, 9.17) is 42.5 Å². The fraction of sp³-hybridized carbons (Fsp3) is 0.208. The molecule has 0 spiro atoms. The summed E-state index contributed by atoms with van der Waals surface area (Å²) >= 11 is 0. The van der Waals surface area contributed by atoms with Gasteiger partial charge in [-0.25, -0.2) is 37.3 Å². The van der Waals surface area contributed by atoms with Crippen LogP contribution in [0.3, 0.4) is 0 Å². The molecule has 0 unspecified atom stereocenters. The van der Waals surface area contributed by atoms with E-state index in [0.29, 0.717) is 6.61 Å². The van der Waals surface area contributed by atoms with Crippen LogP contribution in [0, 0.1) is 31.8 Å². The van der Waals surface area contributed by atoms with Gasteiger partial charge in [0.15, 0.2) is 0 Å². The molecule has 0 fully saturated rings. The predicted molar refractivity (Wildman–Crippen MR) is 234 cm³/mol. The van der Waals surface area contributed by atoms with Gasteiger partial charge in [0.25, 0.3) is 0 Å². The summed E-state index contributed by atoms with van der Waals surface area (Å²) in [6, 6.07) is 50.4. The maximum atomic E-state index is 9.82. The average molecular weight is 1020 g/mol. The van der Waals surface area contributed by atoms with E-state index in [1.807, 2.05) is 128 Å². The monoisotopic (exact) mass is 1020 g/mol. The molecular formula is C48H53Cl2N7O10Zn. The molecule has 20 heteroatoms. The zero-order valence-electron chi connectivity index (χ0n) is 38.4. The van der Waals surface area contributed by atoms with Gasteiger partial charge in [0.05, 0.1) is 47.9 Å². The van der Waals surface area contributed by atoms with Crippen LogP contribution in [0.5, 0.6) is 0 Å². The van der Waals surface area contributed by atoms with Crippen molar-refractivity contribution in [2.24, 2.45) is 15.0 Å². The van der Waals surface area contributed by atoms with Crippen molar-refractivity contribution in [3.05, 3.63) is 198 Å². The molecule has 0 aliphatic rings. The number of aliphatic imine (C=N–C) groups is 3. The molecule has 0 saturated heterocycles. The maximum absolute atomic E-state index is 9.82. The summed E-state index contributed by atoms with van der Waals surface area (Å²) in [6.07, 6.45) is 10.8. The second-order valence-corrected chi connectivity index (χ2v) is 14.3. The van der Waals surface area contributed by atoms with E-state index in [0.717, 1.165) is 17.1 Å². The Morgan fingerprint density at radius 1 is 0.544 bits per heavy atom. The topological polar surface area (TPSA) is 310 Å². The fourth-order valence-corrected chi connectivity index (χ4v) is 4.58. The Morgan fingerprint density at radius 2 is 0.765 bits per heavy atom. The molecule has 0 amide bonds. The van der Waals surface area contributed by atoms with Gasteiger partial charge in [-0.3, -0.25) is 34.7 Å². The minimum absolute atomic E-state index is 0. The van der Waals surface area contributed by atoms with Crippen LogP contribution >= 0.6 is 0 Å². The van der Waals surface area contributed by atoms with Crippen molar-refractivity contribution < 1.29 is 86.8 Å². The van der Waals surface area contributed by atoms with E-state index >= 15 is 0 Å². The van der Waals surface area contributed by atoms with Gasteiger partial charge < -0.3 is 4.74 Å². The standard InChI is InChI=1S/3C14H14N2.C4H8O2.C2H3N.2ClHO4.Zn/c3*1-12(13-7-3-2-4-8-13)16-11-14-9-5-6-10-15-14;1-3-6-4(2)5;1-2-3;2*2-1(3,4)5;/h3*2-12H,1H3;3H2,1-2H3;1H3;2*(H,2,3,4,5);/q;;;;;;;+2/p-2/t3*12-;;;;;/m111...../s1. The number of carbonyl (C=O) groups excluding carboxylic acids is 1. The quantitative estimate of drug-likeness (QED) is 0.106. The number of ether oxygens (including phenoxy) is 1. The van der Waals surface area contributed by atoms with Crippen molar-refractivity contribution in [3.8, 4) is 6.07 Å². The summed E-state index contributed by atoms with van der Waals surface area (Å²) in [7, 11) is -9.89. The summed E-state index contributed by atoms with van der Waals surface area (Å²) in [5.41, 5.74) is 6.33. The largest absolute Gasteiger partial charge is 2.00 e. The van der Waals surface area contributed by atoms with Gasteiger partial charge in [-0.1, -0.05) is 109 Å². The average Bonchev–Trinajstić information content (AvgIpc) is 3.31. The van der Waals surface area contributed by atoms with Gasteiger partial charge in [0.2, 0.25) is 0 Å². The van der Waals surface area contributed by atoms with Crippen LogP contribution in [0.1, 0.15) is 93.4 Å². The first-order valence-electron chi connectivity index (χ1n) is 19.9. The molecule has 3 aromatic carbocycles. The third-order valence-corrected chi connectivity index (χ3v) is 7.55. The van der Waals surface area contributed by atoms with Crippen molar-refractivity contribution in [2.75, 3.05) is 6.61 Å². The number of pyridine rings is 3. The second kappa shape index (κ2) is 39.0. The van der Waals surface area contributed by atoms with Crippen LogP contribution in [0.2, 0.25) is 0 Å². The number of rotatable bonds is 10. The molecule has 17 nitrogen and oxygen atoms in total. The van der Waals surface area contributed by atoms with Gasteiger partial charge in [0.1, 0.15) is 0 Å². The van der Waals surface area contributed by atoms with E-state index in [2.05, 4.69) is 91.8 Å². The number of benzene rings is 3. The van der Waals surface area contributed by atoms with Gasteiger partial charge in [0, 0.05) is 51.1 Å². The molecule has 356 valence electrons. The smallest absolute Gasteiger partial charge is 0.466 e. The summed E-state index contributed by atoms with van der Waals surface area (Å²) in [5, 5.41) is 7.32. The molecular weight excluding hydrogens is 971 g/mol. The minimum Gasteiger partial charge on any atom is -0.466 e. The normalized spacial score (nSPS) is 11.6. The summed E-state index contributed by atoms with van der Waals surface area (Å²) in [5.74, 6) is -0.211. The Hall–Kier alpha value is -6.04. The minimum atomic E-state index is -4.94. The first-order valence-corrected chi connectivity index (χ1v) is 22.4. The molecule has 0 aliphatic carbocycles. The summed E-state index contributed by atoms with van der Waals surface area (Å²) < 4.78 is 72.3. The van der Waals surface area contributed by atoms with E-state index < -0.39 is 20.5 Å². The van der Waals surface area contributed by atoms with Crippen LogP contribution < -0.4 is 37.3 Å². The SMILES string of the molecule is CC#N.CCOC(C)=O.C[C@@H](N=Cc1ccccn1)c1ccccc1.C[C@@H](N=Cc1ccccn1)c1ccccc1.C[C@@H](N=Cc1ccccn1)c1ccccc1.[O-][Cl+3]([O-])([O-])[O-].[O-][Cl+3]([O-])([O-])[O-].[Zn+2]. The van der Waals surface area contributed by atoms with E-state index in [1.54, 1.807) is 31.6 Å². The van der Waals surface area contributed by atoms with E-state index in [9.17, 15) is 4.79 Å². The van der Waals surface area contributed by atoms with Gasteiger partial charge in [-0.2, -0.15) is 5.26 Å². The summed E-state index contributed by atoms with van der Waals surface area (Å²) in [4.78, 5) is 35.8. The van der Waals surface area contributed by atoms with Crippen molar-refractivity contribution in [2.45, 2.75) is 59.7 Å². The van der Waals surface area contributed by atoms with Crippen LogP contribution in [-0.4, -0.2) is 46.2 Å². The van der Waals surface area contributed by atoms with Crippen LogP contribution in [-0.2, 0) is 29.0 Å². The van der Waals surface area contributed by atoms with Crippen LogP contribution in [0.15, 0.2) is 179 Å². The fourth-order valence-electron chi connectivity index (χ4n) is 4.58. The van der Waals surface area contributed by atoms with Gasteiger partial charge in [-0.05, 0) is 80.8 Å². The molecule has 0 aliphatic heterocycles. The first-order chi connectivity index (χ1) is 31.8. The molecule has 0 saturated carbocycles. The van der Waals surface area contributed by atoms with Crippen LogP contribution in [0.4, 0.5) is 0 Å². The first kappa shape index (κ1) is 64.0. The third kappa shape index (κ3) is 40.3. The number of hydrogen-bond acceptors (Lipinski definition) is 17. The predicted octanol–water partition coefficient (Wildman–Crippen LogP) is 1.37. The van der Waals surface area contributed by atoms with E-state index in [1.165, 1.54) is 30.5 Å². The molecule has 3 atom stereocenters. The molecule has 0 radical (unpaired) electrons. The Morgan fingerprint density at radius 3 is 0.926 bits per heavy atom. The summed E-state index contributed by atoms with van der Waals surface area (Å²) in [6.45, 7) is 11.3. The number of nitriles is 1. The zero-order valence-corrected chi connectivity index (χ0v) is 42.9. The molecule has 0 N–H and O–H groups in total. The number of halogens is 2. The van der Waals surface area contributed by atoms with Crippen molar-refractivity contribution in [3.63, 3.8) is 0 Å². The van der Waals surface area contributed by atoms with Gasteiger partial charge >= 0.3 is 25.4 Å². The molecule has 3 aromatic heterocycles. The Bertz CT molecular complexity index is 2020. The van der Waals surface area contributed by atoms with E-state index in [-0.39, 0.29) is 43.6 Å². The zero-order chi connectivity index (χ0) is 50.4. The van der Waals surface area contributed by atoms with Gasteiger partial charge in [-0.15, -0.1) is 20.5 Å². The Labute approximate surface area is 414 Å². The molecule has 3 heterocycles. The number of aromatic nitrogens is 3. The molecule has 6 aromatic rings. The van der Waals surface area contributed by atoms with Crippen molar-refractivity contribution in [1.29, 1.82) is 5.26 Å². The Kier molecular flexibility index (Phi) is 36.7. The molecule has 6 rings (SSSR count). The third-order valence-electron chi connectivity index (χ3n) is 7.55. The van der Waals surface area contributed by atoms with Crippen molar-refractivity contribution >= 4 is 24.6 Å². The van der Waals surface area contributed by atoms with Crippen LogP contribution in [0.25, 0.3) is 0 Å². The Balaban J connectivity index is 0. The number of hydrogen-bond donors (Lipinski definition) is 0. The second-order valence-electron chi connectivity index (χ2n) is 12.8. The number of esters is 1. The van der Waals surface area contributed by atoms with Crippen molar-refractivity contribution in [1.82, 2.24) is 15.0 Å². The maximum Gasteiger partial charge on any atom is 2.00 e. The number of nitrogens with zero attached hydrogens (tertiary/aromatic N) is 7. The number of carbonyl (C=O) groups is 1. The molecule has 0 bridgehead atoms.